The molecule has 1 aromatic heterocycles. The van der Waals surface area contributed by atoms with E-state index in [1.54, 1.807) is 24.3 Å². The van der Waals surface area contributed by atoms with E-state index in [9.17, 15) is 14.4 Å². The van der Waals surface area contributed by atoms with Gasteiger partial charge in [-0.15, -0.1) is 0 Å². The maximum atomic E-state index is 12.4. The molecule has 0 aliphatic carbocycles. The van der Waals surface area contributed by atoms with Gasteiger partial charge in [0.25, 0.3) is 5.91 Å². The minimum atomic E-state index is -0.677. The maximum Gasteiger partial charge on any atom is 0.329 e. The minimum Gasteiger partial charge on any atom is -0.459 e. The first-order valence-corrected chi connectivity index (χ1v) is 8.17. The molecule has 1 aliphatic heterocycles. The van der Waals surface area contributed by atoms with Crippen LogP contribution in [0.25, 0.3) is 0 Å². The van der Waals surface area contributed by atoms with Crippen LogP contribution >= 0.6 is 0 Å². The smallest absolute Gasteiger partial charge is 0.329 e. The van der Waals surface area contributed by atoms with Gasteiger partial charge in [0.05, 0.1) is 6.26 Å². The molecular formula is C19H19NO5. The number of hydrogen-bond donors (Lipinski definition) is 0. The van der Waals surface area contributed by atoms with Crippen LogP contribution in [0.3, 0.4) is 0 Å². The van der Waals surface area contributed by atoms with Gasteiger partial charge in [-0.25, -0.2) is 4.79 Å². The molecule has 1 fully saturated rings. The predicted molar refractivity (Wildman–Crippen MR) is 89.2 cm³/mol. The van der Waals surface area contributed by atoms with E-state index in [0.717, 1.165) is 5.56 Å². The summed E-state index contributed by atoms with van der Waals surface area (Å²) in [5, 5.41) is 0. The second-order valence-corrected chi connectivity index (χ2v) is 6.03. The number of likely N-dealkylation sites (tertiary alicyclic amines) is 1. The molecule has 6 nitrogen and oxygen atoms in total. The first-order valence-electron chi connectivity index (χ1n) is 8.17. The third kappa shape index (κ3) is 3.79. The number of carbonyl (C=O) groups excluding carboxylic acids is 3. The molecule has 1 amide bonds. The lowest BCUT2D eigenvalue weighted by Crippen LogP contribution is -2.41. The molecular weight excluding hydrogens is 322 g/mol. The number of nitrogens with zero attached hydrogens (tertiary/aromatic N) is 1. The summed E-state index contributed by atoms with van der Waals surface area (Å²) < 4.78 is 10.3. The molecule has 25 heavy (non-hydrogen) atoms. The standard InChI is InChI=1S/C19H19NO5/c1-13-6-8-14(9-7-13)16(21)12-25-19(23)15-4-2-10-20(15)18(22)17-5-3-11-24-17/h3,5-9,11,15H,2,4,10,12H2,1H3/t15-/m0/s1. The van der Waals surface area contributed by atoms with E-state index in [1.807, 2.05) is 19.1 Å². The number of aryl methyl sites for hydroxylation is 1. The molecule has 1 atom stereocenters. The van der Waals surface area contributed by atoms with Gasteiger partial charge in [0.15, 0.2) is 18.2 Å². The van der Waals surface area contributed by atoms with Crippen LogP contribution in [0.4, 0.5) is 0 Å². The lowest BCUT2D eigenvalue weighted by Gasteiger charge is -2.22. The van der Waals surface area contributed by atoms with Crippen LogP contribution in [0.5, 0.6) is 0 Å². The Balaban J connectivity index is 1.59. The predicted octanol–water partition coefficient (Wildman–Crippen LogP) is 2.62. The summed E-state index contributed by atoms with van der Waals surface area (Å²) in [7, 11) is 0. The lowest BCUT2D eigenvalue weighted by molar-refractivity contribution is -0.147. The fourth-order valence-corrected chi connectivity index (χ4v) is 2.85. The number of rotatable bonds is 5. The van der Waals surface area contributed by atoms with Crippen LogP contribution in [0.15, 0.2) is 47.1 Å². The van der Waals surface area contributed by atoms with Crippen molar-refractivity contribution in [1.82, 2.24) is 4.90 Å². The van der Waals surface area contributed by atoms with Crippen LogP contribution in [0.1, 0.15) is 39.3 Å². The van der Waals surface area contributed by atoms with Gasteiger partial charge in [-0.2, -0.15) is 0 Å². The van der Waals surface area contributed by atoms with Crippen molar-refractivity contribution in [2.45, 2.75) is 25.8 Å². The quantitative estimate of drug-likeness (QED) is 0.617. The molecule has 1 aliphatic rings. The molecule has 1 aromatic carbocycles. The van der Waals surface area contributed by atoms with Crippen LogP contribution in [0, 0.1) is 6.92 Å². The summed E-state index contributed by atoms with van der Waals surface area (Å²) in [6.07, 6.45) is 2.64. The normalized spacial score (nSPS) is 16.7. The molecule has 0 spiro atoms. The van der Waals surface area contributed by atoms with E-state index in [0.29, 0.717) is 24.9 Å². The number of hydrogen-bond acceptors (Lipinski definition) is 5. The summed E-state index contributed by atoms with van der Waals surface area (Å²) in [5.74, 6) is -0.974. The molecule has 0 N–H and O–H groups in total. The Morgan fingerprint density at radius 1 is 1.20 bits per heavy atom. The molecule has 0 radical (unpaired) electrons. The third-order valence-corrected chi connectivity index (χ3v) is 4.24. The van der Waals surface area contributed by atoms with E-state index in [-0.39, 0.29) is 24.1 Å². The summed E-state index contributed by atoms with van der Waals surface area (Å²) in [6, 6.07) is 9.57. The SMILES string of the molecule is Cc1ccc(C(=O)COC(=O)[C@@H]2CCCN2C(=O)c2ccco2)cc1. The molecule has 0 saturated carbocycles. The first kappa shape index (κ1) is 17.0. The van der Waals surface area contributed by atoms with Crippen LogP contribution in [0.2, 0.25) is 0 Å². The van der Waals surface area contributed by atoms with Crippen molar-refractivity contribution in [2.24, 2.45) is 0 Å². The zero-order valence-corrected chi connectivity index (χ0v) is 13.9. The number of amides is 1. The van der Waals surface area contributed by atoms with Crippen molar-refractivity contribution in [3.63, 3.8) is 0 Å². The Labute approximate surface area is 145 Å². The minimum absolute atomic E-state index is 0.190. The third-order valence-electron chi connectivity index (χ3n) is 4.24. The van der Waals surface area contributed by atoms with E-state index >= 15 is 0 Å². The summed E-state index contributed by atoms with van der Waals surface area (Å²) in [6.45, 7) is 2.06. The van der Waals surface area contributed by atoms with Crippen molar-refractivity contribution in [1.29, 1.82) is 0 Å². The zero-order valence-electron chi connectivity index (χ0n) is 13.9. The Kier molecular flexibility index (Phi) is 4.97. The van der Waals surface area contributed by atoms with Crippen LogP contribution in [-0.2, 0) is 9.53 Å². The fraction of sp³-hybridized carbons (Fsp3) is 0.316. The second kappa shape index (κ2) is 7.34. The van der Waals surface area contributed by atoms with Crippen molar-refractivity contribution >= 4 is 17.7 Å². The Morgan fingerprint density at radius 2 is 1.96 bits per heavy atom. The molecule has 1 saturated heterocycles. The second-order valence-electron chi connectivity index (χ2n) is 6.03. The molecule has 130 valence electrons. The highest BCUT2D eigenvalue weighted by Crippen LogP contribution is 2.21. The molecule has 2 heterocycles. The van der Waals surface area contributed by atoms with Crippen molar-refractivity contribution in [2.75, 3.05) is 13.2 Å². The Hall–Kier alpha value is -2.89. The van der Waals surface area contributed by atoms with Gasteiger partial charge in [0.2, 0.25) is 0 Å². The van der Waals surface area contributed by atoms with Gasteiger partial charge in [-0.3, -0.25) is 9.59 Å². The molecule has 0 unspecified atom stereocenters. The Morgan fingerprint density at radius 3 is 2.64 bits per heavy atom. The van der Waals surface area contributed by atoms with Crippen molar-refractivity contribution in [3.8, 4) is 0 Å². The number of Topliss-reactive ketones (excluding diaryl/α,β-unsaturated/α-hetero) is 1. The average molecular weight is 341 g/mol. The van der Waals surface area contributed by atoms with Crippen LogP contribution in [-0.4, -0.2) is 41.8 Å². The van der Waals surface area contributed by atoms with Crippen molar-refractivity contribution in [3.05, 3.63) is 59.5 Å². The van der Waals surface area contributed by atoms with E-state index in [2.05, 4.69) is 0 Å². The maximum absolute atomic E-state index is 12.4. The number of benzene rings is 1. The highest BCUT2D eigenvalue weighted by Gasteiger charge is 2.36. The average Bonchev–Trinajstić information content (AvgIpc) is 3.30. The highest BCUT2D eigenvalue weighted by molar-refractivity contribution is 5.99. The topological polar surface area (TPSA) is 76.8 Å². The number of furan rings is 1. The van der Waals surface area contributed by atoms with Gasteiger partial charge in [0.1, 0.15) is 6.04 Å². The number of ether oxygens (including phenoxy) is 1. The van der Waals surface area contributed by atoms with E-state index in [1.165, 1.54) is 11.2 Å². The molecule has 6 heteroatoms. The number of esters is 1. The first-order chi connectivity index (χ1) is 12.1. The number of carbonyl (C=O) groups is 3. The van der Waals surface area contributed by atoms with Gasteiger partial charge in [-0.1, -0.05) is 29.8 Å². The number of ketones is 1. The van der Waals surface area contributed by atoms with Gasteiger partial charge < -0.3 is 14.1 Å². The molecule has 2 aromatic rings. The van der Waals surface area contributed by atoms with Gasteiger partial charge in [0, 0.05) is 12.1 Å². The van der Waals surface area contributed by atoms with Gasteiger partial charge >= 0.3 is 5.97 Å². The molecule has 3 rings (SSSR count). The fourth-order valence-electron chi connectivity index (χ4n) is 2.85. The van der Waals surface area contributed by atoms with Crippen molar-refractivity contribution < 1.29 is 23.5 Å². The summed E-state index contributed by atoms with van der Waals surface area (Å²) in [4.78, 5) is 38.2. The largest absolute Gasteiger partial charge is 0.459 e. The molecule has 0 bridgehead atoms. The zero-order chi connectivity index (χ0) is 17.8. The van der Waals surface area contributed by atoms with E-state index < -0.39 is 12.0 Å². The lowest BCUT2D eigenvalue weighted by atomic mass is 10.1. The summed E-state index contributed by atoms with van der Waals surface area (Å²) >= 11 is 0. The van der Waals surface area contributed by atoms with E-state index in [4.69, 9.17) is 9.15 Å². The Bertz CT molecular complexity index is 764. The summed E-state index contributed by atoms with van der Waals surface area (Å²) in [5.41, 5.74) is 1.54. The monoisotopic (exact) mass is 341 g/mol. The van der Waals surface area contributed by atoms with Gasteiger partial charge in [-0.05, 0) is 31.9 Å². The highest BCUT2D eigenvalue weighted by atomic mass is 16.5. The van der Waals surface area contributed by atoms with Crippen LogP contribution < -0.4 is 0 Å².